The van der Waals surface area contributed by atoms with Crippen LogP contribution in [0.3, 0.4) is 0 Å². The second-order valence-corrected chi connectivity index (χ2v) is 8.80. The van der Waals surface area contributed by atoms with Gasteiger partial charge in [0.25, 0.3) is 0 Å². The van der Waals surface area contributed by atoms with Crippen LogP contribution < -0.4 is 9.47 Å². The standard InChI is InChI=1S/C19H27NO6S/c1-2-3-11-26-19(21)15-7-9-20(10-8-15)27(22,23)16-5-6-17-18(14-16)25-13-4-12-24-17/h5-6,14-15H,2-4,7-13H2,1H3. The second-order valence-electron chi connectivity index (χ2n) is 6.86. The van der Waals surface area contributed by atoms with E-state index < -0.39 is 10.0 Å². The maximum atomic E-state index is 13.0. The van der Waals surface area contributed by atoms with E-state index in [1.807, 2.05) is 6.92 Å². The molecule has 150 valence electrons. The Kier molecular flexibility index (Phi) is 6.59. The highest BCUT2D eigenvalue weighted by molar-refractivity contribution is 7.89. The number of rotatable bonds is 6. The van der Waals surface area contributed by atoms with E-state index in [1.54, 1.807) is 12.1 Å². The number of esters is 1. The van der Waals surface area contributed by atoms with Gasteiger partial charge in [-0.3, -0.25) is 4.79 Å². The third-order valence-electron chi connectivity index (χ3n) is 4.89. The first-order valence-electron chi connectivity index (χ1n) is 9.59. The third-order valence-corrected chi connectivity index (χ3v) is 6.78. The van der Waals surface area contributed by atoms with Gasteiger partial charge >= 0.3 is 5.97 Å². The van der Waals surface area contributed by atoms with Gasteiger partial charge in [0, 0.05) is 25.6 Å². The predicted molar refractivity (Wildman–Crippen MR) is 99.4 cm³/mol. The van der Waals surface area contributed by atoms with Crippen LogP contribution in [0.4, 0.5) is 0 Å². The molecule has 0 radical (unpaired) electrons. The zero-order valence-corrected chi connectivity index (χ0v) is 16.5. The molecule has 1 fully saturated rings. The van der Waals surface area contributed by atoms with Crippen molar-refractivity contribution in [1.82, 2.24) is 4.31 Å². The summed E-state index contributed by atoms with van der Waals surface area (Å²) < 4.78 is 43.8. The van der Waals surface area contributed by atoms with Crippen LogP contribution in [0.25, 0.3) is 0 Å². The minimum absolute atomic E-state index is 0.190. The lowest BCUT2D eigenvalue weighted by Crippen LogP contribution is -2.40. The molecule has 7 nitrogen and oxygen atoms in total. The highest BCUT2D eigenvalue weighted by atomic mass is 32.2. The number of ether oxygens (including phenoxy) is 3. The number of hydrogen-bond acceptors (Lipinski definition) is 6. The molecule has 3 rings (SSSR count). The molecule has 0 saturated carbocycles. The molecule has 2 aliphatic heterocycles. The van der Waals surface area contributed by atoms with Crippen molar-refractivity contribution in [2.24, 2.45) is 5.92 Å². The molecule has 0 bridgehead atoms. The van der Waals surface area contributed by atoms with Crippen LogP contribution in [-0.2, 0) is 19.6 Å². The van der Waals surface area contributed by atoms with Crippen LogP contribution in [0.5, 0.6) is 11.5 Å². The molecule has 27 heavy (non-hydrogen) atoms. The van der Waals surface area contributed by atoms with Crippen molar-refractivity contribution < 1.29 is 27.4 Å². The third kappa shape index (κ3) is 4.73. The summed E-state index contributed by atoms with van der Waals surface area (Å²) in [5, 5.41) is 0. The van der Waals surface area contributed by atoms with E-state index in [2.05, 4.69) is 0 Å². The zero-order valence-electron chi connectivity index (χ0n) is 15.7. The Balaban J connectivity index is 1.63. The van der Waals surface area contributed by atoms with Gasteiger partial charge in [0.1, 0.15) is 0 Å². The molecule has 0 atom stereocenters. The summed E-state index contributed by atoms with van der Waals surface area (Å²) in [5.41, 5.74) is 0. The maximum Gasteiger partial charge on any atom is 0.309 e. The summed E-state index contributed by atoms with van der Waals surface area (Å²) >= 11 is 0. The van der Waals surface area contributed by atoms with Gasteiger partial charge in [-0.15, -0.1) is 0 Å². The minimum atomic E-state index is -3.63. The van der Waals surface area contributed by atoms with Crippen molar-refractivity contribution >= 4 is 16.0 Å². The molecule has 1 aromatic carbocycles. The number of piperidine rings is 1. The molecule has 0 unspecified atom stereocenters. The van der Waals surface area contributed by atoms with Gasteiger partial charge in [0.15, 0.2) is 11.5 Å². The van der Waals surface area contributed by atoms with Crippen molar-refractivity contribution in [3.63, 3.8) is 0 Å². The Morgan fingerprint density at radius 3 is 2.59 bits per heavy atom. The average molecular weight is 397 g/mol. The number of carbonyl (C=O) groups excluding carboxylic acids is 1. The summed E-state index contributed by atoms with van der Waals surface area (Å²) in [6.07, 6.45) is 3.55. The number of fused-ring (bicyclic) bond motifs is 1. The fourth-order valence-electron chi connectivity index (χ4n) is 3.22. The van der Waals surface area contributed by atoms with Gasteiger partial charge in [-0.1, -0.05) is 13.3 Å². The van der Waals surface area contributed by atoms with Gasteiger partial charge in [-0.2, -0.15) is 4.31 Å². The van der Waals surface area contributed by atoms with E-state index in [4.69, 9.17) is 14.2 Å². The van der Waals surface area contributed by atoms with Crippen LogP contribution in [-0.4, -0.2) is 51.6 Å². The first-order valence-corrected chi connectivity index (χ1v) is 11.0. The molecule has 1 saturated heterocycles. The smallest absolute Gasteiger partial charge is 0.309 e. The number of nitrogens with zero attached hydrogens (tertiary/aromatic N) is 1. The van der Waals surface area contributed by atoms with Crippen molar-refractivity contribution in [2.75, 3.05) is 32.9 Å². The normalized spacial score (nSPS) is 18.7. The van der Waals surface area contributed by atoms with Gasteiger partial charge in [0.2, 0.25) is 10.0 Å². The maximum absolute atomic E-state index is 13.0. The highest BCUT2D eigenvalue weighted by Crippen LogP contribution is 2.33. The fraction of sp³-hybridized carbons (Fsp3) is 0.632. The lowest BCUT2D eigenvalue weighted by molar-refractivity contribution is -0.149. The molecule has 0 N–H and O–H groups in total. The van der Waals surface area contributed by atoms with E-state index in [1.165, 1.54) is 10.4 Å². The summed E-state index contributed by atoms with van der Waals surface area (Å²) in [6.45, 7) is 4.15. The SMILES string of the molecule is CCCCOC(=O)C1CCN(S(=O)(=O)c2ccc3c(c2)OCCCO3)CC1. The lowest BCUT2D eigenvalue weighted by atomic mass is 9.98. The van der Waals surface area contributed by atoms with Crippen LogP contribution in [0.2, 0.25) is 0 Å². The quantitative estimate of drug-likeness (QED) is 0.542. The monoisotopic (exact) mass is 397 g/mol. The Bertz CT molecular complexity index is 755. The molecule has 2 heterocycles. The first kappa shape index (κ1) is 19.9. The predicted octanol–water partition coefficient (Wildman–Crippen LogP) is 2.59. The zero-order chi connectivity index (χ0) is 19.3. The molecule has 0 aromatic heterocycles. The van der Waals surface area contributed by atoms with E-state index in [-0.39, 0.29) is 16.8 Å². The van der Waals surface area contributed by atoms with Crippen LogP contribution in [0.15, 0.2) is 23.1 Å². The van der Waals surface area contributed by atoms with Gasteiger partial charge in [-0.05, 0) is 31.4 Å². The molecule has 0 spiro atoms. The van der Waals surface area contributed by atoms with Crippen LogP contribution in [0, 0.1) is 5.92 Å². The van der Waals surface area contributed by atoms with Crippen LogP contribution >= 0.6 is 0 Å². The number of hydrogen-bond donors (Lipinski definition) is 0. The van der Waals surface area contributed by atoms with E-state index >= 15 is 0 Å². The van der Waals surface area contributed by atoms with Gasteiger partial charge in [-0.25, -0.2) is 8.42 Å². The molecule has 1 aromatic rings. The molecule has 2 aliphatic rings. The molecule has 0 amide bonds. The number of carbonyl (C=O) groups is 1. The lowest BCUT2D eigenvalue weighted by Gasteiger charge is -2.30. The Hall–Kier alpha value is -1.80. The summed E-state index contributed by atoms with van der Waals surface area (Å²) in [6, 6.07) is 4.72. The molecular formula is C19H27NO6S. The van der Waals surface area contributed by atoms with E-state index in [9.17, 15) is 13.2 Å². The van der Waals surface area contributed by atoms with Crippen LogP contribution in [0.1, 0.15) is 39.0 Å². The molecule has 8 heteroatoms. The first-order chi connectivity index (χ1) is 13.0. The minimum Gasteiger partial charge on any atom is -0.490 e. The van der Waals surface area contributed by atoms with Crippen molar-refractivity contribution in [3.8, 4) is 11.5 Å². The largest absolute Gasteiger partial charge is 0.490 e. The topological polar surface area (TPSA) is 82.1 Å². The second kappa shape index (κ2) is 8.93. The van der Waals surface area contributed by atoms with E-state index in [0.717, 1.165) is 19.3 Å². The average Bonchev–Trinajstić information content (AvgIpc) is 2.93. The number of unbranched alkanes of at least 4 members (excludes halogenated alkanes) is 1. The van der Waals surface area contributed by atoms with Crippen molar-refractivity contribution in [3.05, 3.63) is 18.2 Å². The van der Waals surface area contributed by atoms with E-state index in [0.29, 0.717) is 57.3 Å². The number of sulfonamides is 1. The Labute approximate surface area is 160 Å². The summed E-state index contributed by atoms with van der Waals surface area (Å²) in [7, 11) is -3.63. The number of benzene rings is 1. The van der Waals surface area contributed by atoms with Gasteiger partial charge < -0.3 is 14.2 Å². The van der Waals surface area contributed by atoms with Crippen molar-refractivity contribution in [2.45, 2.75) is 43.9 Å². The molecule has 0 aliphatic carbocycles. The summed E-state index contributed by atoms with van der Waals surface area (Å²) in [5.74, 6) is 0.594. The van der Waals surface area contributed by atoms with Crippen molar-refractivity contribution in [1.29, 1.82) is 0 Å². The highest BCUT2D eigenvalue weighted by Gasteiger charge is 2.33. The Morgan fingerprint density at radius 1 is 1.19 bits per heavy atom. The van der Waals surface area contributed by atoms with Gasteiger partial charge in [0.05, 0.1) is 30.6 Å². The summed E-state index contributed by atoms with van der Waals surface area (Å²) in [4.78, 5) is 12.3. The fourth-order valence-corrected chi connectivity index (χ4v) is 4.71. The molecular weight excluding hydrogens is 370 g/mol. The Morgan fingerprint density at radius 2 is 1.89 bits per heavy atom.